The van der Waals surface area contributed by atoms with Crippen LogP contribution in [0.5, 0.6) is 0 Å². The number of hydrogen-bond acceptors (Lipinski definition) is 1. The molecule has 1 unspecified atom stereocenters. The van der Waals surface area contributed by atoms with Crippen molar-refractivity contribution in [1.82, 2.24) is 4.90 Å². The summed E-state index contributed by atoms with van der Waals surface area (Å²) in [4.78, 5) is 13.2. The summed E-state index contributed by atoms with van der Waals surface area (Å²) in [5.74, 6) is 0.738. The molecule has 0 bridgehead atoms. The second-order valence-electron chi connectivity index (χ2n) is 3.43. The summed E-state index contributed by atoms with van der Waals surface area (Å²) < 4.78 is 0. The molecule has 0 saturated heterocycles. The van der Waals surface area contributed by atoms with E-state index in [1.807, 2.05) is 11.9 Å². The van der Waals surface area contributed by atoms with Crippen LogP contribution in [0.4, 0.5) is 0 Å². The lowest BCUT2D eigenvalue weighted by Crippen LogP contribution is -2.38. The second-order valence-corrected chi connectivity index (χ2v) is 4.22. The van der Waals surface area contributed by atoms with Gasteiger partial charge >= 0.3 is 0 Å². The molecule has 0 aliphatic rings. The first-order valence-corrected chi connectivity index (χ1v) is 5.44. The van der Waals surface area contributed by atoms with Gasteiger partial charge in [-0.2, -0.15) is 0 Å². The molecule has 0 aromatic rings. The van der Waals surface area contributed by atoms with E-state index < -0.39 is 0 Å². The van der Waals surface area contributed by atoms with Crippen molar-refractivity contribution in [3.63, 3.8) is 0 Å². The highest BCUT2D eigenvalue weighted by Gasteiger charge is 2.17. The third kappa shape index (κ3) is 3.57. The van der Waals surface area contributed by atoms with E-state index >= 15 is 0 Å². The molecule has 1 atom stereocenters. The molecule has 0 saturated carbocycles. The molecule has 0 radical (unpaired) electrons. The van der Waals surface area contributed by atoms with Crippen LogP contribution >= 0.6 is 15.9 Å². The van der Waals surface area contributed by atoms with Gasteiger partial charge in [0.15, 0.2) is 0 Å². The van der Waals surface area contributed by atoms with E-state index in [9.17, 15) is 4.79 Å². The fraction of sp³-hybridized carbons (Fsp3) is 0.889. The van der Waals surface area contributed by atoms with Crippen molar-refractivity contribution in [2.45, 2.75) is 33.2 Å². The number of rotatable bonds is 4. The van der Waals surface area contributed by atoms with Gasteiger partial charge in [-0.3, -0.25) is 4.79 Å². The molecular weight excluding hydrogens is 218 g/mol. The normalized spacial score (nSPS) is 13.2. The molecule has 0 N–H and O–H groups in total. The van der Waals surface area contributed by atoms with Crippen LogP contribution in [0.15, 0.2) is 0 Å². The lowest BCUT2D eigenvalue weighted by molar-refractivity contribution is -0.131. The van der Waals surface area contributed by atoms with Gasteiger partial charge in [-0.05, 0) is 12.8 Å². The topological polar surface area (TPSA) is 20.3 Å². The van der Waals surface area contributed by atoms with Crippen molar-refractivity contribution in [2.24, 2.45) is 5.92 Å². The van der Waals surface area contributed by atoms with Gasteiger partial charge in [-0.15, -0.1) is 0 Å². The Morgan fingerprint density at radius 3 is 2.25 bits per heavy atom. The minimum atomic E-state index is 0.216. The highest BCUT2D eigenvalue weighted by atomic mass is 79.9. The zero-order chi connectivity index (χ0) is 9.72. The van der Waals surface area contributed by atoms with Crippen LogP contribution in [0.25, 0.3) is 0 Å². The van der Waals surface area contributed by atoms with Crippen LogP contribution in [0.1, 0.15) is 27.2 Å². The first-order chi connectivity index (χ1) is 5.50. The minimum Gasteiger partial charge on any atom is -0.343 e. The van der Waals surface area contributed by atoms with Crippen LogP contribution in [-0.4, -0.2) is 29.2 Å². The fourth-order valence-electron chi connectivity index (χ4n) is 0.932. The lowest BCUT2D eigenvalue weighted by atomic mass is 10.1. The Morgan fingerprint density at radius 1 is 1.42 bits per heavy atom. The van der Waals surface area contributed by atoms with Crippen LogP contribution in [-0.2, 0) is 4.79 Å². The van der Waals surface area contributed by atoms with Gasteiger partial charge in [-0.25, -0.2) is 0 Å². The van der Waals surface area contributed by atoms with Crippen molar-refractivity contribution in [3.8, 4) is 0 Å². The molecule has 0 aromatic carbocycles. The number of amides is 1. The molecule has 0 aliphatic carbocycles. The molecule has 1 amide bonds. The Morgan fingerprint density at radius 2 is 1.92 bits per heavy atom. The Bertz CT molecular complexity index is 147. The maximum Gasteiger partial charge on any atom is 0.223 e. The van der Waals surface area contributed by atoms with Crippen molar-refractivity contribution in [1.29, 1.82) is 0 Å². The van der Waals surface area contributed by atoms with Gasteiger partial charge in [0.05, 0.1) is 0 Å². The van der Waals surface area contributed by atoms with Crippen LogP contribution in [0.2, 0.25) is 0 Å². The van der Waals surface area contributed by atoms with E-state index in [0.29, 0.717) is 18.4 Å². The Hall–Kier alpha value is -0.0500. The highest BCUT2D eigenvalue weighted by Crippen LogP contribution is 2.09. The first-order valence-electron chi connectivity index (χ1n) is 4.32. The number of alkyl halides is 1. The zero-order valence-electron chi connectivity index (χ0n) is 8.30. The molecule has 72 valence electrons. The summed E-state index contributed by atoms with van der Waals surface area (Å²) in [6.45, 7) is 6.34. The smallest absolute Gasteiger partial charge is 0.223 e. The Kier molecular flexibility index (Phi) is 5.55. The van der Waals surface area contributed by atoms with Gasteiger partial charge < -0.3 is 4.90 Å². The summed E-state index contributed by atoms with van der Waals surface area (Å²) in [6, 6.07) is 0.330. The van der Waals surface area contributed by atoms with Crippen LogP contribution < -0.4 is 0 Å². The van der Waals surface area contributed by atoms with Crippen molar-refractivity contribution < 1.29 is 4.79 Å². The Labute approximate surface area is 83.4 Å². The molecule has 0 aromatic heterocycles. The van der Waals surface area contributed by atoms with E-state index in [1.165, 1.54) is 0 Å². The van der Waals surface area contributed by atoms with Gasteiger partial charge in [0.2, 0.25) is 5.91 Å². The van der Waals surface area contributed by atoms with E-state index in [0.717, 1.165) is 5.33 Å². The molecule has 2 nitrogen and oxygen atoms in total. The van der Waals surface area contributed by atoms with Gasteiger partial charge in [-0.1, -0.05) is 29.8 Å². The lowest BCUT2D eigenvalue weighted by Gasteiger charge is -2.27. The summed E-state index contributed by atoms with van der Waals surface area (Å²) in [5.41, 5.74) is 0. The number of carbonyl (C=O) groups is 1. The molecule has 0 fully saturated rings. The number of hydrogen-bond donors (Lipinski definition) is 0. The monoisotopic (exact) mass is 235 g/mol. The largest absolute Gasteiger partial charge is 0.343 e. The second kappa shape index (κ2) is 5.57. The average molecular weight is 236 g/mol. The van der Waals surface area contributed by atoms with E-state index in [1.54, 1.807) is 0 Å². The maximum atomic E-state index is 11.4. The van der Waals surface area contributed by atoms with Gasteiger partial charge in [0, 0.05) is 24.8 Å². The van der Waals surface area contributed by atoms with Gasteiger partial charge in [0.1, 0.15) is 0 Å². The standard InChI is InChI=1S/C9H18BrNO/c1-7(2)8(3)11(4)9(12)5-6-10/h7-8H,5-6H2,1-4H3. The minimum absolute atomic E-state index is 0.216. The van der Waals surface area contributed by atoms with Gasteiger partial charge in [0.25, 0.3) is 0 Å². The molecule has 12 heavy (non-hydrogen) atoms. The van der Waals surface area contributed by atoms with E-state index in [4.69, 9.17) is 0 Å². The summed E-state index contributed by atoms with van der Waals surface area (Å²) >= 11 is 3.26. The summed E-state index contributed by atoms with van der Waals surface area (Å²) in [6.07, 6.45) is 0.591. The first kappa shape index (κ1) is 11.9. The fourth-order valence-corrected chi connectivity index (χ4v) is 1.27. The molecule has 0 heterocycles. The SMILES string of the molecule is CC(C)C(C)N(C)C(=O)CCBr. The third-order valence-corrected chi connectivity index (χ3v) is 2.67. The molecule has 0 spiro atoms. The Balaban J connectivity index is 4.00. The van der Waals surface area contributed by atoms with Crippen molar-refractivity contribution in [3.05, 3.63) is 0 Å². The number of nitrogens with zero attached hydrogens (tertiary/aromatic N) is 1. The van der Waals surface area contributed by atoms with Crippen LogP contribution in [0.3, 0.4) is 0 Å². The van der Waals surface area contributed by atoms with Crippen LogP contribution in [0, 0.1) is 5.92 Å². The predicted octanol–water partition coefficient (Wildman–Crippen LogP) is 2.27. The molecular formula is C9H18BrNO. The maximum absolute atomic E-state index is 11.4. The predicted molar refractivity (Wildman–Crippen MR) is 55.5 cm³/mol. The summed E-state index contributed by atoms with van der Waals surface area (Å²) in [7, 11) is 1.87. The molecule has 3 heteroatoms. The average Bonchev–Trinajstić information content (AvgIpc) is 2.02. The highest BCUT2D eigenvalue weighted by molar-refractivity contribution is 9.09. The van der Waals surface area contributed by atoms with Crippen molar-refractivity contribution >= 4 is 21.8 Å². The van der Waals surface area contributed by atoms with E-state index in [-0.39, 0.29) is 5.91 Å². The number of halogens is 1. The quantitative estimate of drug-likeness (QED) is 0.686. The third-order valence-electron chi connectivity index (χ3n) is 2.28. The molecule has 0 rings (SSSR count). The van der Waals surface area contributed by atoms with Crippen molar-refractivity contribution in [2.75, 3.05) is 12.4 Å². The summed E-state index contributed by atoms with van der Waals surface area (Å²) in [5, 5.41) is 0.751. The number of carbonyl (C=O) groups excluding carboxylic acids is 1. The molecule has 0 aliphatic heterocycles. The van der Waals surface area contributed by atoms with E-state index in [2.05, 4.69) is 36.7 Å². The zero-order valence-corrected chi connectivity index (χ0v) is 9.89.